The van der Waals surface area contributed by atoms with Crippen LogP contribution in [0, 0.1) is 17.8 Å². The number of nitrogens with zero attached hydrogens (tertiary/aromatic N) is 2. The van der Waals surface area contributed by atoms with Crippen LogP contribution in [0.15, 0.2) is 24.4 Å². The third-order valence-corrected chi connectivity index (χ3v) is 7.56. The lowest BCUT2D eigenvalue weighted by Crippen LogP contribution is -2.51. The van der Waals surface area contributed by atoms with Crippen molar-refractivity contribution >= 4 is 11.4 Å². The molecule has 2 aromatic heterocycles. The minimum absolute atomic E-state index is 0.000411. The average Bonchev–Trinajstić information content (AvgIpc) is 3.34. The van der Waals surface area contributed by atoms with E-state index in [1.807, 2.05) is 26.0 Å². The minimum Gasteiger partial charge on any atom is -0.393 e. The molecule has 3 atom stereocenters. The quantitative estimate of drug-likeness (QED) is 0.396. The van der Waals surface area contributed by atoms with Gasteiger partial charge in [0.1, 0.15) is 5.69 Å². The Kier molecular flexibility index (Phi) is 7.25. The van der Waals surface area contributed by atoms with Gasteiger partial charge in [-0.1, -0.05) is 31.9 Å². The minimum atomic E-state index is -0.765. The van der Waals surface area contributed by atoms with E-state index in [0.717, 1.165) is 41.8 Å². The lowest BCUT2D eigenvalue weighted by Gasteiger charge is -2.47. The molecule has 1 fully saturated rings. The van der Waals surface area contributed by atoms with Gasteiger partial charge in [0.15, 0.2) is 5.82 Å². The van der Waals surface area contributed by atoms with E-state index in [9.17, 15) is 15.0 Å². The van der Waals surface area contributed by atoms with Crippen molar-refractivity contribution in [3.05, 3.63) is 52.9 Å². The Hall–Kier alpha value is -2.79. The predicted molar refractivity (Wildman–Crippen MR) is 138 cm³/mol. The molecule has 7 nitrogen and oxygen atoms in total. The molecular weight excluding hydrogens is 454 g/mol. The predicted octanol–water partition coefficient (Wildman–Crippen LogP) is 4.20. The molecule has 4 rings (SSSR count). The summed E-state index contributed by atoms with van der Waals surface area (Å²) in [6, 6.07) is 3.96. The normalized spacial score (nSPS) is 27.8. The summed E-state index contributed by atoms with van der Waals surface area (Å²) in [7, 11) is 0. The molecule has 0 saturated carbocycles. The van der Waals surface area contributed by atoms with Crippen molar-refractivity contribution in [1.29, 1.82) is 0 Å². The number of H-pyrrole nitrogens is 1. The fraction of sp³-hybridized carbons (Fsp3) is 0.552. The van der Waals surface area contributed by atoms with Crippen molar-refractivity contribution < 1.29 is 19.7 Å². The van der Waals surface area contributed by atoms with Gasteiger partial charge in [-0.05, 0) is 68.6 Å². The molecule has 1 aliphatic carbocycles. The molecular formula is C29H37N3O4. The molecule has 1 aliphatic heterocycles. The first-order valence-corrected chi connectivity index (χ1v) is 12.6. The van der Waals surface area contributed by atoms with Crippen LogP contribution >= 0.6 is 0 Å². The number of pyridine rings is 1. The maximum Gasteiger partial charge on any atom is 0.202 e. The SMILES string of the molecule is C#Cc1cnc(C(=O)Cc2ccc(C3C[C@](C)(CO)O[C@](C)(CO)C3)nc2C2=CCC(C)(C)CC2)[nH]1. The summed E-state index contributed by atoms with van der Waals surface area (Å²) in [6.07, 6.45) is 13.4. The molecule has 0 spiro atoms. The second-order valence-electron chi connectivity index (χ2n) is 11.7. The van der Waals surface area contributed by atoms with Crippen LogP contribution in [0.5, 0.6) is 0 Å². The summed E-state index contributed by atoms with van der Waals surface area (Å²) in [5, 5.41) is 20.1. The van der Waals surface area contributed by atoms with Gasteiger partial charge in [0.05, 0.1) is 36.3 Å². The first kappa shape index (κ1) is 26.3. The maximum absolute atomic E-state index is 13.0. The number of allylic oxidation sites excluding steroid dienone is 2. The smallest absolute Gasteiger partial charge is 0.202 e. The number of aromatic nitrogens is 3. The first-order chi connectivity index (χ1) is 17.0. The van der Waals surface area contributed by atoms with Gasteiger partial charge in [-0.25, -0.2) is 4.98 Å². The lowest BCUT2D eigenvalue weighted by atomic mass is 9.76. The third kappa shape index (κ3) is 5.62. The second kappa shape index (κ2) is 9.93. The topological polar surface area (TPSA) is 108 Å². The molecule has 7 heteroatoms. The molecule has 192 valence electrons. The van der Waals surface area contributed by atoms with Crippen LogP contribution in [0.25, 0.3) is 5.57 Å². The first-order valence-electron chi connectivity index (χ1n) is 12.6. The Morgan fingerprint density at radius 3 is 2.44 bits per heavy atom. The number of ether oxygens (including phenoxy) is 1. The van der Waals surface area contributed by atoms with Gasteiger partial charge in [-0.15, -0.1) is 6.42 Å². The van der Waals surface area contributed by atoms with E-state index in [1.54, 1.807) is 0 Å². The van der Waals surface area contributed by atoms with Crippen molar-refractivity contribution in [1.82, 2.24) is 15.0 Å². The van der Waals surface area contributed by atoms with Crippen molar-refractivity contribution in [3.63, 3.8) is 0 Å². The highest BCUT2D eigenvalue weighted by Gasteiger charge is 2.45. The fourth-order valence-corrected chi connectivity index (χ4v) is 5.43. The number of aromatic amines is 1. The van der Waals surface area contributed by atoms with Crippen LogP contribution < -0.4 is 0 Å². The molecule has 0 radical (unpaired) electrons. The van der Waals surface area contributed by atoms with Gasteiger partial charge in [0.25, 0.3) is 0 Å². The summed E-state index contributed by atoms with van der Waals surface area (Å²) in [6.45, 7) is 8.01. The third-order valence-electron chi connectivity index (χ3n) is 7.56. The van der Waals surface area contributed by atoms with Crippen molar-refractivity contribution in [3.8, 4) is 12.3 Å². The molecule has 3 N–H and O–H groups in total. The van der Waals surface area contributed by atoms with Gasteiger partial charge in [0.2, 0.25) is 5.78 Å². The largest absolute Gasteiger partial charge is 0.393 e. The van der Waals surface area contributed by atoms with Gasteiger partial charge >= 0.3 is 0 Å². The van der Waals surface area contributed by atoms with Crippen molar-refractivity contribution in [2.75, 3.05) is 13.2 Å². The Morgan fingerprint density at radius 2 is 1.89 bits per heavy atom. The molecule has 1 saturated heterocycles. The lowest BCUT2D eigenvalue weighted by molar-refractivity contribution is -0.208. The number of imidazole rings is 1. The second-order valence-corrected chi connectivity index (χ2v) is 11.7. The Bertz CT molecular complexity index is 1190. The number of carbonyl (C=O) groups is 1. The zero-order valence-corrected chi connectivity index (χ0v) is 21.7. The number of carbonyl (C=O) groups excluding carboxylic acids is 1. The van der Waals surface area contributed by atoms with Crippen molar-refractivity contribution in [2.24, 2.45) is 5.41 Å². The Labute approximate surface area is 213 Å². The summed E-state index contributed by atoms with van der Waals surface area (Å²) in [4.78, 5) is 25.2. The van der Waals surface area contributed by atoms with Crippen LogP contribution in [0.2, 0.25) is 0 Å². The number of terminal acetylenes is 1. The molecule has 3 heterocycles. The number of hydrogen-bond acceptors (Lipinski definition) is 6. The van der Waals surface area contributed by atoms with Crippen molar-refractivity contribution in [2.45, 2.75) is 83.3 Å². The molecule has 2 aromatic rings. The average molecular weight is 492 g/mol. The van der Waals surface area contributed by atoms with E-state index in [2.05, 4.69) is 35.8 Å². The summed E-state index contributed by atoms with van der Waals surface area (Å²) < 4.78 is 6.11. The summed E-state index contributed by atoms with van der Waals surface area (Å²) in [5.41, 5.74) is 2.94. The highest BCUT2D eigenvalue weighted by Crippen LogP contribution is 2.44. The van der Waals surface area contributed by atoms with Gasteiger partial charge in [-0.3, -0.25) is 9.78 Å². The summed E-state index contributed by atoms with van der Waals surface area (Å²) in [5.74, 6) is 2.57. The fourth-order valence-electron chi connectivity index (χ4n) is 5.43. The number of hydrogen-bond donors (Lipinski definition) is 3. The van der Waals surface area contributed by atoms with Crippen LogP contribution in [0.4, 0.5) is 0 Å². The highest BCUT2D eigenvalue weighted by atomic mass is 16.5. The van der Waals surface area contributed by atoms with E-state index >= 15 is 0 Å². The van der Waals surface area contributed by atoms with Gasteiger partial charge < -0.3 is 19.9 Å². The molecule has 36 heavy (non-hydrogen) atoms. The zero-order chi connectivity index (χ0) is 26.1. The van der Waals surface area contributed by atoms with E-state index in [0.29, 0.717) is 18.5 Å². The zero-order valence-electron chi connectivity index (χ0n) is 21.7. The Morgan fingerprint density at radius 1 is 1.19 bits per heavy atom. The molecule has 0 amide bonds. The van der Waals surface area contributed by atoms with Crippen LogP contribution in [-0.2, 0) is 11.2 Å². The molecule has 0 bridgehead atoms. The van der Waals surface area contributed by atoms with Gasteiger partial charge in [-0.2, -0.15) is 0 Å². The highest BCUT2D eigenvalue weighted by molar-refractivity contribution is 5.95. The van der Waals surface area contributed by atoms with E-state index in [-0.39, 0.29) is 42.6 Å². The molecule has 2 aliphatic rings. The van der Waals surface area contributed by atoms with E-state index in [4.69, 9.17) is 16.1 Å². The maximum atomic E-state index is 13.0. The van der Waals surface area contributed by atoms with E-state index < -0.39 is 11.2 Å². The van der Waals surface area contributed by atoms with E-state index in [1.165, 1.54) is 6.20 Å². The number of aliphatic hydroxyl groups excluding tert-OH is 2. The van der Waals surface area contributed by atoms with Crippen LogP contribution in [-0.4, -0.2) is 55.4 Å². The van der Waals surface area contributed by atoms with Crippen LogP contribution in [0.1, 0.15) is 99.0 Å². The summed E-state index contributed by atoms with van der Waals surface area (Å²) >= 11 is 0. The number of nitrogens with one attached hydrogen (secondary N) is 1. The van der Waals surface area contributed by atoms with Gasteiger partial charge in [0, 0.05) is 18.0 Å². The van der Waals surface area contributed by atoms with Crippen LogP contribution in [0.3, 0.4) is 0 Å². The number of ketones is 1. The standard InChI is InChI=1S/C29H37N3O4/c1-6-22-16-30-26(31-22)24(35)13-20-7-8-23(32-25(20)19-9-11-27(2,3)12-10-19)21-14-28(4,17-33)36-29(5,15-21)18-34/h1,7-9,16,21,33-34H,10-15,17-18H2,2-5H3,(H,30,31)/t21?,28-,29+. The number of aliphatic hydroxyl groups is 2. The Balaban J connectivity index is 1.71. The molecule has 1 unspecified atom stereocenters. The number of rotatable bonds is 7. The molecule has 0 aromatic carbocycles. The monoisotopic (exact) mass is 491 g/mol. The number of Topliss-reactive ketones (excluding diaryl/α,β-unsaturated/α-hetero) is 1.